The Kier molecular flexibility index (Phi) is 10.1. The zero-order valence-electron chi connectivity index (χ0n) is 17.5. The zero-order valence-corrected chi connectivity index (χ0v) is 18.5. The lowest BCUT2D eigenvalue weighted by Gasteiger charge is -2.39. The highest BCUT2D eigenvalue weighted by atomic mass is 28.4. The molecule has 0 amide bonds. The van der Waals surface area contributed by atoms with Gasteiger partial charge in [0.15, 0.2) is 14.1 Å². The minimum atomic E-state index is -1.66. The summed E-state index contributed by atoms with van der Waals surface area (Å²) in [5.74, 6) is 0.262. The van der Waals surface area contributed by atoms with Crippen molar-refractivity contribution in [3.63, 3.8) is 0 Å². The van der Waals surface area contributed by atoms with Gasteiger partial charge in [0.2, 0.25) is 0 Å². The monoisotopic (exact) mass is 386 g/mol. The number of carbonyl (C=O) groups excluding carboxylic acids is 1. The molecule has 1 aliphatic heterocycles. The van der Waals surface area contributed by atoms with Crippen LogP contribution in [-0.4, -0.2) is 47.0 Å². The Morgan fingerprint density at radius 1 is 1.27 bits per heavy atom. The van der Waals surface area contributed by atoms with E-state index in [1.54, 1.807) is 0 Å². The van der Waals surface area contributed by atoms with Gasteiger partial charge in [-0.1, -0.05) is 26.0 Å². The van der Waals surface area contributed by atoms with E-state index in [2.05, 4.69) is 43.8 Å². The molecule has 0 spiro atoms. The van der Waals surface area contributed by atoms with E-state index in [0.717, 1.165) is 25.3 Å². The summed E-state index contributed by atoms with van der Waals surface area (Å²) >= 11 is 0. The van der Waals surface area contributed by atoms with Crippen molar-refractivity contribution in [3.05, 3.63) is 12.2 Å². The smallest absolute Gasteiger partial charge is 0.305 e. The Morgan fingerprint density at radius 3 is 2.50 bits per heavy atom. The van der Waals surface area contributed by atoms with Crippen LogP contribution < -0.4 is 0 Å². The number of rotatable bonds is 11. The molecule has 26 heavy (non-hydrogen) atoms. The second-order valence-electron chi connectivity index (χ2n) is 8.44. The molecule has 6 heteroatoms. The van der Waals surface area contributed by atoms with Crippen LogP contribution in [0.2, 0.25) is 19.1 Å². The summed E-state index contributed by atoms with van der Waals surface area (Å²) in [4.78, 5) is 11.0. The average molecular weight is 387 g/mol. The molecule has 0 N–H and O–H groups in total. The summed E-state index contributed by atoms with van der Waals surface area (Å²) in [5.41, 5.74) is 0. The van der Waals surface area contributed by atoms with Crippen molar-refractivity contribution in [1.29, 1.82) is 0 Å². The normalized spacial score (nSPS) is 24.3. The van der Waals surface area contributed by atoms with Crippen LogP contribution in [0.15, 0.2) is 12.2 Å². The highest BCUT2D eigenvalue weighted by Gasteiger charge is 2.35. The van der Waals surface area contributed by atoms with Crippen molar-refractivity contribution in [1.82, 2.24) is 0 Å². The number of hydrogen-bond acceptors (Lipinski definition) is 5. The molecule has 152 valence electrons. The number of allylic oxidation sites excluding steroid dienone is 2. The lowest BCUT2D eigenvalue weighted by molar-refractivity contribution is -0.283. The van der Waals surface area contributed by atoms with Crippen molar-refractivity contribution in [2.45, 2.75) is 71.4 Å². The maximum atomic E-state index is 11.0. The molecule has 1 saturated heterocycles. The zero-order chi connectivity index (χ0) is 19.6. The van der Waals surface area contributed by atoms with E-state index in [4.69, 9.17) is 13.9 Å². The number of carbonyl (C=O) groups is 1. The molecule has 0 radical (unpaired) electrons. The van der Waals surface area contributed by atoms with Crippen LogP contribution in [0.1, 0.15) is 46.5 Å². The number of methoxy groups -OCH3 is 1. The molecule has 1 fully saturated rings. The third-order valence-electron chi connectivity index (χ3n) is 4.49. The van der Waals surface area contributed by atoms with E-state index in [9.17, 15) is 4.79 Å². The molecule has 0 saturated carbocycles. The summed E-state index contributed by atoms with van der Waals surface area (Å²) in [7, 11) is -0.239. The second kappa shape index (κ2) is 11.2. The number of esters is 1. The largest absolute Gasteiger partial charge is 0.469 e. The lowest BCUT2D eigenvalue weighted by atomic mass is 10.1. The van der Waals surface area contributed by atoms with Crippen molar-refractivity contribution in [2.75, 3.05) is 26.9 Å². The van der Waals surface area contributed by atoms with E-state index >= 15 is 0 Å². The van der Waals surface area contributed by atoms with Crippen molar-refractivity contribution < 1.29 is 23.4 Å². The van der Waals surface area contributed by atoms with Gasteiger partial charge in [0.1, 0.15) is 0 Å². The quantitative estimate of drug-likeness (QED) is 0.226. The van der Waals surface area contributed by atoms with E-state index in [-0.39, 0.29) is 5.97 Å². The third-order valence-corrected chi connectivity index (χ3v) is 7.21. The first-order valence-electron chi connectivity index (χ1n) is 9.79. The first-order chi connectivity index (χ1) is 12.2. The molecule has 0 aromatic rings. The van der Waals surface area contributed by atoms with Crippen LogP contribution in [0.5, 0.6) is 0 Å². The first-order valence-corrected chi connectivity index (χ1v) is 12.9. The van der Waals surface area contributed by atoms with E-state index < -0.39 is 14.1 Å². The van der Waals surface area contributed by atoms with Crippen LogP contribution in [0.25, 0.3) is 0 Å². The van der Waals surface area contributed by atoms with Gasteiger partial charge in [-0.2, -0.15) is 0 Å². The Morgan fingerprint density at radius 2 is 1.92 bits per heavy atom. The fourth-order valence-corrected chi connectivity index (χ4v) is 5.88. The van der Waals surface area contributed by atoms with Crippen molar-refractivity contribution in [3.8, 4) is 0 Å². The predicted molar refractivity (Wildman–Crippen MR) is 107 cm³/mol. The lowest BCUT2D eigenvalue weighted by Crippen LogP contribution is -2.48. The summed E-state index contributed by atoms with van der Waals surface area (Å²) in [6.45, 7) is 12.9. The molecule has 0 aromatic carbocycles. The third kappa shape index (κ3) is 9.85. The Labute approximate surface area is 160 Å². The fourth-order valence-electron chi connectivity index (χ4n) is 3.14. The molecule has 0 unspecified atom stereocenters. The van der Waals surface area contributed by atoms with E-state index in [0.29, 0.717) is 38.1 Å². The molecular weight excluding hydrogens is 348 g/mol. The SMILES string of the molecule is COC(=O)CCC/C=C\CC1COC(C)(CO[Si](C)(C)CC(C)C)OC1. The number of hydrogen-bond donors (Lipinski definition) is 0. The topological polar surface area (TPSA) is 54.0 Å². The molecule has 0 aromatic heterocycles. The minimum absolute atomic E-state index is 0.145. The Balaban J connectivity index is 2.23. The van der Waals surface area contributed by atoms with Gasteiger partial charge in [0, 0.05) is 12.3 Å². The number of ether oxygens (including phenoxy) is 3. The van der Waals surface area contributed by atoms with Gasteiger partial charge in [0.25, 0.3) is 0 Å². The van der Waals surface area contributed by atoms with Gasteiger partial charge in [-0.25, -0.2) is 0 Å². The van der Waals surface area contributed by atoms with Gasteiger partial charge < -0.3 is 18.6 Å². The van der Waals surface area contributed by atoms with Crippen LogP contribution in [-0.2, 0) is 23.4 Å². The standard InChI is InChI=1S/C20H38O5Si/c1-17(2)15-26(5,6)25-16-20(3)23-13-18(14-24-20)11-9-7-8-10-12-19(21)22-4/h7,9,17-18H,8,10-16H2,1-6H3/b9-7-. The molecule has 5 nitrogen and oxygen atoms in total. The first kappa shape index (κ1) is 23.3. The molecule has 0 bridgehead atoms. The van der Waals surface area contributed by atoms with E-state index in [1.807, 2.05) is 6.92 Å². The van der Waals surface area contributed by atoms with Gasteiger partial charge in [-0.15, -0.1) is 0 Å². The summed E-state index contributed by atoms with van der Waals surface area (Å²) in [5, 5.41) is 0. The fraction of sp³-hybridized carbons (Fsp3) is 0.850. The predicted octanol–water partition coefficient (Wildman–Crippen LogP) is 4.53. The summed E-state index contributed by atoms with van der Waals surface area (Å²) < 4.78 is 22.8. The highest BCUT2D eigenvalue weighted by Crippen LogP contribution is 2.26. The highest BCUT2D eigenvalue weighted by molar-refractivity contribution is 6.71. The van der Waals surface area contributed by atoms with Crippen LogP contribution in [0.3, 0.4) is 0 Å². The van der Waals surface area contributed by atoms with Gasteiger partial charge in [-0.3, -0.25) is 4.79 Å². The van der Waals surface area contributed by atoms with Crippen LogP contribution >= 0.6 is 0 Å². The van der Waals surface area contributed by atoms with Gasteiger partial charge in [-0.05, 0) is 51.2 Å². The molecule has 0 atom stereocenters. The molecule has 1 heterocycles. The molecular formula is C20H38O5Si. The maximum absolute atomic E-state index is 11.0. The molecule has 1 aliphatic rings. The average Bonchev–Trinajstić information content (AvgIpc) is 2.57. The Bertz CT molecular complexity index is 439. The second-order valence-corrected chi connectivity index (χ2v) is 12.7. The van der Waals surface area contributed by atoms with Gasteiger partial charge in [0.05, 0.1) is 26.9 Å². The van der Waals surface area contributed by atoms with Crippen LogP contribution in [0.4, 0.5) is 0 Å². The van der Waals surface area contributed by atoms with Crippen molar-refractivity contribution in [2.24, 2.45) is 11.8 Å². The minimum Gasteiger partial charge on any atom is -0.469 e. The molecule has 1 rings (SSSR count). The maximum Gasteiger partial charge on any atom is 0.305 e. The van der Waals surface area contributed by atoms with Crippen molar-refractivity contribution >= 4 is 14.3 Å². The van der Waals surface area contributed by atoms with Crippen LogP contribution in [0, 0.1) is 11.8 Å². The van der Waals surface area contributed by atoms with Gasteiger partial charge >= 0.3 is 5.97 Å². The Hall–Kier alpha value is -0.693. The number of unbranched alkanes of at least 4 members (excludes halogenated alkanes) is 1. The summed E-state index contributed by atoms with van der Waals surface area (Å²) in [6.07, 6.45) is 7.41. The van der Waals surface area contributed by atoms with E-state index in [1.165, 1.54) is 7.11 Å². The summed E-state index contributed by atoms with van der Waals surface area (Å²) in [6, 6.07) is 1.15. The molecule has 0 aliphatic carbocycles.